The summed E-state index contributed by atoms with van der Waals surface area (Å²) in [5, 5.41) is 0. The van der Waals surface area contributed by atoms with E-state index in [2.05, 4.69) is 0 Å². The van der Waals surface area contributed by atoms with E-state index < -0.39 is 5.97 Å². The van der Waals surface area contributed by atoms with Gasteiger partial charge in [-0.3, -0.25) is 9.59 Å². The Labute approximate surface area is 108 Å². The van der Waals surface area contributed by atoms with E-state index in [-0.39, 0.29) is 18.1 Å². The maximum absolute atomic E-state index is 11.7. The maximum Gasteiger partial charge on any atom is 0.313 e. The molecular formula is C15H20O3. The van der Waals surface area contributed by atoms with Gasteiger partial charge in [-0.15, -0.1) is 0 Å². The first-order valence-electron chi connectivity index (χ1n) is 6.27. The molecule has 0 bridgehead atoms. The zero-order chi connectivity index (χ0) is 13.5. The standard InChI is InChI=1S/C15H20O3/c1-4-18-15(17)10-13(16)9-12(3)14-8-6-5-7-11(14)2/h5-8,12H,4,9-10H2,1-3H3. The molecule has 0 spiro atoms. The largest absolute Gasteiger partial charge is 0.466 e. The third-order valence-corrected chi connectivity index (χ3v) is 2.90. The molecule has 0 N–H and O–H groups in total. The average Bonchev–Trinajstić information content (AvgIpc) is 2.29. The smallest absolute Gasteiger partial charge is 0.313 e. The number of carbonyl (C=O) groups is 2. The quantitative estimate of drug-likeness (QED) is 0.574. The lowest BCUT2D eigenvalue weighted by Crippen LogP contribution is -2.13. The van der Waals surface area contributed by atoms with Crippen LogP contribution in [0.15, 0.2) is 24.3 Å². The topological polar surface area (TPSA) is 43.4 Å². The number of rotatable bonds is 6. The van der Waals surface area contributed by atoms with Crippen molar-refractivity contribution in [1.29, 1.82) is 0 Å². The number of hydrogen-bond donors (Lipinski definition) is 0. The van der Waals surface area contributed by atoms with Crippen molar-refractivity contribution in [3.8, 4) is 0 Å². The fourth-order valence-electron chi connectivity index (χ4n) is 2.04. The van der Waals surface area contributed by atoms with Gasteiger partial charge in [-0.25, -0.2) is 0 Å². The van der Waals surface area contributed by atoms with Gasteiger partial charge in [0.1, 0.15) is 12.2 Å². The molecule has 0 saturated carbocycles. The molecule has 0 radical (unpaired) electrons. The third kappa shape index (κ3) is 4.32. The van der Waals surface area contributed by atoms with Crippen LogP contribution in [0.1, 0.15) is 43.7 Å². The van der Waals surface area contributed by atoms with Gasteiger partial charge in [0.05, 0.1) is 6.61 Å². The molecule has 0 amide bonds. The summed E-state index contributed by atoms with van der Waals surface area (Å²) in [7, 11) is 0. The summed E-state index contributed by atoms with van der Waals surface area (Å²) in [5.74, 6) is -0.364. The molecule has 0 heterocycles. The van der Waals surface area contributed by atoms with Gasteiger partial charge in [-0.05, 0) is 30.9 Å². The first-order chi connectivity index (χ1) is 8.54. The Morgan fingerprint density at radius 3 is 2.56 bits per heavy atom. The molecule has 98 valence electrons. The third-order valence-electron chi connectivity index (χ3n) is 2.90. The van der Waals surface area contributed by atoms with E-state index >= 15 is 0 Å². The predicted molar refractivity (Wildman–Crippen MR) is 70.5 cm³/mol. The second kappa shape index (κ2) is 6.94. The minimum Gasteiger partial charge on any atom is -0.466 e. The molecule has 1 rings (SSSR count). The van der Waals surface area contributed by atoms with E-state index in [0.717, 1.165) is 5.56 Å². The zero-order valence-electron chi connectivity index (χ0n) is 11.2. The minimum atomic E-state index is -0.431. The summed E-state index contributed by atoms with van der Waals surface area (Å²) < 4.78 is 4.76. The van der Waals surface area contributed by atoms with Gasteiger partial charge >= 0.3 is 5.97 Å². The number of aryl methyl sites for hydroxylation is 1. The highest BCUT2D eigenvalue weighted by molar-refractivity contribution is 5.95. The van der Waals surface area contributed by atoms with Crippen molar-refractivity contribution in [1.82, 2.24) is 0 Å². The summed E-state index contributed by atoms with van der Waals surface area (Å²) in [5.41, 5.74) is 2.34. The summed E-state index contributed by atoms with van der Waals surface area (Å²) in [4.78, 5) is 22.9. The van der Waals surface area contributed by atoms with Crippen LogP contribution in [-0.2, 0) is 14.3 Å². The van der Waals surface area contributed by atoms with E-state index in [9.17, 15) is 9.59 Å². The molecule has 0 aliphatic carbocycles. The molecule has 0 aromatic heterocycles. The average molecular weight is 248 g/mol. The van der Waals surface area contributed by atoms with Crippen molar-refractivity contribution in [2.45, 2.75) is 39.5 Å². The van der Waals surface area contributed by atoms with Gasteiger partial charge in [0.2, 0.25) is 0 Å². The highest BCUT2D eigenvalue weighted by atomic mass is 16.5. The summed E-state index contributed by atoms with van der Waals surface area (Å²) in [6, 6.07) is 8.00. The Bertz CT molecular complexity index is 424. The molecule has 1 aromatic rings. The van der Waals surface area contributed by atoms with E-state index in [1.54, 1.807) is 6.92 Å². The fraction of sp³-hybridized carbons (Fsp3) is 0.467. The Hall–Kier alpha value is -1.64. The number of hydrogen-bond acceptors (Lipinski definition) is 3. The Balaban J connectivity index is 2.55. The van der Waals surface area contributed by atoms with Crippen molar-refractivity contribution < 1.29 is 14.3 Å². The first-order valence-corrected chi connectivity index (χ1v) is 6.27. The number of benzene rings is 1. The van der Waals surface area contributed by atoms with E-state index in [0.29, 0.717) is 13.0 Å². The molecular weight excluding hydrogens is 228 g/mol. The van der Waals surface area contributed by atoms with Crippen molar-refractivity contribution >= 4 is 11.8 Å². The Morgan fingerprint density at radius 2 is 1.94 bits per heavy atom. The molecule has 1 atom stereocenters. The van der Waals surface area contributed by atoms with E-state index in [4.69, 9.17) is 4.74 Å². The lowest BCUT2D eigenvalue weighted by Gasteiger charge is -2.13. The van der Waals surface area contributed by atoms with E-state index in [1.807, 2.05) is 38.1 Å². The number of esters is 1. The second-order valence-corrected chi connectivity index (χ2v) is 4.48. The van der Waals surface area contributed by atoms with Crippen LogP contribution in [0.5, 0.6) is 0 Å². The highest BCUT2D eigenvalue weighted by Crippen LogP contribution is 2.23. The van der Waals surface area contributed by atoms with Crippen LogP contribution in [-0.4, -0.2) is 18.4 Å². The Morgan fingerprint density at radius 1 is 1.28 bits per heavy atom. The minimum absolute atomic E-state index is 0.0656. The van der Waals surface area contributed by atoms with Crippen molar-refractivity contribution in [2.24, 2.45) is 0 Å². The normalized spacial score (nSPS) is 11.9. The van der Waals surface area contributed by atoms with Gasteiger partial charge in [0.25, 0.3) is 0 Å². The number of Topliss-reactive ketones (excluding diaryl/α,β-unsaturated/α-hetero) is 1. The van der Waals surface area contributed by atoms with Gasteiger partial charge in [0.15, 0.2) is 0 Å². The molecule has 0 saturated heterocycles. The molecule has 18 heavy (non-hydrogen) atoms. The van der Waals surface area contributed by atoms with Gasteiger partial charge in [0, 0.05) is 6.42 Å². The summed E-state index contributed by atoms with van der Waals surface area (Å²) >= 11 is 0. The zero-order valence-corrected chi connectivity index (χ0v) is 11.2. The molecule has 0 aliphatic rings. The number of ketones is 1. The summed E-state index contributed by atoms with van der Waals surface area (Å²) in [6.07, 6.45) is 0.258. The summed E-state index contributed by atoms with van der Waals surface area (Å²) in [6.45, 7) is 6.09. The van der Waals surface area contributed by atoms with Crippen LogP contribution in [0.2, 0.25) is 0 Å². The van der Waals surface area contributed by atoms with Gasteiger partial charge in [-0.1, -0.05) is 31.2 Å². The highest BCUT2D eigenvalue weighted by Gasteiger charge is 2.16. The lowest BCUT2D eigenvalue weighted by molar-refractivity contribution is -0.145. The SMILES string of the molecule is CCOC(=O)CC(=O)CC(C)c1ccccc1C. The fourth-order valence-corrected chi connectivity index (χ4v) is 2.04. The second-order valence-electron chi connectivity index (χ2n) is 4.48. The van der Waals surface area contributed by atoms with Crippen LogP contribution in [0, 0.1) is 6.92 Å². The van der Waals surface area contributed by atoms with Crippen LogP contribution < -0.4 is 0 Å². The predicted octanol–water partition coefficient (Wildman–Crippen LogP) is 3.01. The van der Waals surface area contributed by atoms with Crippen molar-refractivity contribution in [3.63, 3.8) is 0 Å². The van der Waals surface area contributed by atoms with Crippen molar-refractivity contribution in [2.75, 3.05) is 6.61 Å². The molecule has 1 unspecified atom stereocenters. The van der Waals surface area contributed by atoms with Crippen molar-refractivity contribution in [3.05, 3.63) is 35.4 Å². The van der Waals surface area contributed by atoms with Crippen LogP contribution in [0.3, 0.4) is 0 Å². The van der Waals surface area contributed by atoms with Gasteiger partial charge < -0.3 is 4.74 Å². The molecule has 3 nitrogen and oxygen atoms in total. The van der Waals surface area contributed by atoms with Crippen LogP contribution in [0.4, 0.5) is 0 Å². The van der Waals surface area contributed by atoms with Crippen LogP contribution >= 0.6 is 0 Å². The molecule has 0 aliphatic heterocycles. The van der Waals surface area contributed by atoms with E-state index in [1.165, 1.54) is 5.56 Å². The molecule has 0 fully saturated rings. The maximum atomic E-state index is 11.7. The number of ether oxygens (including phenoxy) is 1. The first kappa shape index (κ1) is 14.4. The van der Waals surface area contributed by atoms with Gasteiger partial charge in [-0.2, -0.15) is 0 Å². The Kier molecular flexibility index (Phi) is 5.56. The monoisotopic (exact) mass is 248 g/mol. The molecule has 1 aromatic carbocycles. The lowest BCUT2D eigenvalue weighted by atomic mass is 9.91. The van der Waals surface area contributed by atoms with Crippen LogP contribution in [0.25, 0.3) is 0 Å². The number of carbonyl (C=O) groups excluding carboxylic acids is 2. The molecule has 3 heteroatoms.